The van der Waals surface area contributed by atoms with Crippen LogP contribution in [0.4, 0.5) is 10.5 Å². The zero-order valence-corrected chi connectivity index (χ0v) is 11.2. The Morgan fingerprint density at radius 1 is 1.32 bits per heavy atom. The third kappa shape index (κ3) is 4.13. The van der Waals surface area contributed by atoms with E-state index in [9.17, 15) is 4.79 Å². The van der Waals surface area contributed by atoms with Crippen LogP contribution in [0.15, 0.2) is 24.3 Å². The Morgan fingerprint density at radius 2 is 2.00 bits per heavy atom. The van der Waals surface area contributed by atoms with Crippen LogP contribution in [-0.4, -0.2) is 43.8 Å². The van der Waals surface area contributed by atoms with E-state index in [-0.39, 0.29) is 6.03 Å². The minimum Gasteiger partial charge on any atom is -0.494 e. The van der Waals surface area contributed by atoms with Gasteiger partial charge in [-0.1, -0.05) is 6.92 Å². The van der Waals surface area contributed by atoms with Gasteiger partial charge >= 0.3 is 6.03 Å². The molecule has 1 fully saturated rings. The molecule has 1 aromatic carbocycles. The lowest BCUT2D eigenvalue weighted by Crippen LogP contribution is -2.43. The Kier molecular flexibility index (Phi) is 5.03. The summed E-state index contributed by atoms with van der Waals surface area (Å²) in [6.07, 6.45) is 0.982. The summed E-state index contributed by atoms with van der Waals surface area (Å²) in [6.45, 7) is 5.28. The molecule has 104 valence electrons. The van der Waals surface area contributed by atoms with Gasteiger partial charge in [0.2, 0.25) is 0 Å². The average Bonchev–Trinajstić information content (AvgIpc) is 2.47. The minimum absolute atomic E-state index is 0.0782. The molecular weight excluding hydrogens is 244 g/mol. The first-order valence-corrected chi connectivity index (χ1v) is 6.66. The predicted molar refractivity (Wildman–Crippen MR) is 73.6 cm³/mol. The van der Waals surface area contributed by atoms with E-state index in [1.807, 2.05) is 24.3 Å². The number of carbonyl (C=O) groups excluding carboxylic acids is 1. The van der Waals surface area contributed by atoms with Crippen molar-refractivity contribution >= 4 is 11.7 Å². The standard InChI is InChI=1S/C14H20N2O3/c1-2-9-19-13-5-3-12(4-6-13)15-14(17)16-7-10-18-11-8-16/h3-6H,2,7-11H2,1H3,(H,15,17). The highest BCUT2D eigenvalue weighted by atomic mass is 16.5. The van der Waals surface area contributed by atoms with Crippen molar-refractivity contribution < 1.29 is 14.3 Å². The molecule has 0 aromatic heterocycles. The van der Waals surface area contributed by atoms with Crippen LogP contribution in [0.5, 0.6) is 5.75 Å². The first kappa shape index (κ1) is 13.7. The van der Waals surface area contributed by atoms with E-state index in [4.69, 9.17) is 9.47 Å². The Labute approximate surface area is 113 Å². The highest BCUT2D eigenvalue weighted by Crippen LogP contribution is 2.16. The Hall–Kier alpha value is -1.75. The van der Waals surface area contributed by atoms with Crippen molar-refractivity contribution in [2.75, 3.05) is 38.2 Å². The molecular formula is C14H20N2O3. The van der Waals surface area contributed by atoms with E-state index in [0.29, 0.717) is 32.9 Å². The number of hydrogen-bond donors (Lipinski definition) is 1. The summed E-state index contributed by atoms with van der Waals surface area (Å²) in [6, 6.07) is 7.35. The number of amides is 2. The number of rotatable bonds is 4. The molecule has 0 saturated carbocycles. The largest absolute Gasteiger partial charge is 0.494 e. The molecule has 1 N–H and O–H groups in total. The molecule has 2 rings (SSSR count). The smallest absolute Gasteiger partial charge is 0.321 e. The fourth-order valence-electron chi connectivity index (χ4n) is 1.82. The summed E-state index contributed by atoms with van der Waals surface area (Å²) in [5, 5.41) is 2.87. The van der Waals surface area contributed by atoms with Crippen LogP contribution < -0.4 is 10.1 Å². The van der Waals surface area contributed by atoms with Crippen molar-refractivity contribution in [3.05, 3.63) is 24.3 Å². The van der Waals surface area contributed by atoms with Gasteiger partial charge in [-0.15, -0.1) is 0 Å². The van der Waals surface area contributed by atoms with Gasteiger partial charge in [-0.05, 0) is 30.7 Å². The SMILES string of the molecule is CCCOc1ccc(NC(=O)N2CCOCC2)cc1. The lowest BCUT2D eigenvalue weighted by Gasteiger charge is -2.26. The number of nitrogens with one attached hydrogen (secondary N) is 1. The number of benzene rings is 1. The van der Waals surface area contributed by atoms with Gasteiger partial charge in [0, 0.05) is 18.8 Å². The first-order chi connectivity index (χ1) is 9.29. The van der Waals surface area contributed by atoms with Gasteiger partial charge in [-0.2, -0.15) is 0 Å². The van der Waals surface area contributed by atoms with Crippen molar-refractivity contribution in [2.45, 2.75) is 13.3 Å². The molecule has 2 amide bonds. The van der Waals surface area contributed by atoms with Crippen LogP contribution in [0.25, 0.3) is 0 Å². The van der Waals surface area contributed by atoms with E-state index in [2.05, 4.69) is 12.2 Å². The van der Waals surface area contributed by atoms with Crippen molar-refractivity contribution in [1.82, 2.24) is 4.90 Å². The molecule has 0 spiro atoms. The van der Waals surface area contributed by atoms with Crippen LogP contribution in [0.3, 0.4) is 0 Å². The zero-order valence-electron chi connectivity index (χ0n) is 11.2. The van der Waals surface area contributed by atoms with Crippen LogP contribution >= 0.6 is 0 Å². The number of anilines is 1. The summed E-state index contributed by atoms with van der Waals surface area (Å²) in [5.74, 6) is 0.825. The molecule has 1 heterocycles. The Balaban J connectivity index is 1.86. The molecule has 0 unspecified atom stereocenters. The summed E-state index contributed by atoms with van der Waals surface area (Å²) in [5.41, 5.74) is 0.778. The molecule has 1 saturated heterocycles. The number of hydrogen-bond acceptors (Lipinski definition) is 3. The number of morpholine rings is 1. The number of carbonyl (C=O) groups is 1. The lowest BCUT2D eigenvalue weighted by atomic mass is 10.3. The molecule has 0 radical (unpaired) electrons. The van der Waals surface area contributed by atoms with Gasteiger partial charge in [0.05, 0.1) is 19.8 Å². The highest BCUT2D eigenvalue weighted by molar-refractivity contribution is 5.89. The highest BCUT2D eigenvalue weighted by Gasteiger charge is 2.16. The van der Waals surface area contributed by atoms with Crippen LogP contribution in [-0.2, 0) is 4.74 Å². The molecule has 5 heteroatoms. The maximum Gasteiger partial charge on any atom is 0.321 e. The maximum atomic E-state index is 12.0. The number of ether oxygens (including phenoxy) is 2. The van der Waals surface area contributed by atoms with E-state index in [0.717, 1.165) is 17.9 Å². The van der Waals surface area contributed by atoms with Crippen molar-refractivity contribution in [2.24, 2.45) is 0 Å². The van der Waals surface area contributed by atoms with Gasteiger partial charge in [-0.25, -0.2) is 4.79 Å². The van der Waals surface area contributed by atoms with Crippen molar-refractivity contribution in [3.63, 3.8) is 0 Å². The second-order valence-corrected chi connectivity index (χ2v) is 4.40. The molecule has 0 atom stereocenters. The molecule has 19 heavy (non-hydrogen) atoms. The molecule has 0 bridgehead atoms. The summed E-state index contributed by atoms with van der Waals surface area (Å²) >= 11 is 0. The quantitative estimate of drug-likeness (QED) is 0.908. The van der Waals surface area contributed by atoms with Crippen molar-refractivity contribution in [1.29, 1.82) is 0 Å². The number of urea groups is 1. The maximum absolute atomic E-state index is 12.0. The minimum atomic E-state index is -0.0782. The van der Waals surface area contributed by atoms with E-state index in [1.165, 1.54) is 0 Å². The zero-order chi connectivity index (χ0) is 13.5. The van der Waals surface area contributed by atoms with Crippen LogP contribution in [0, 0.1) is 0 Å². The first-order valence-electron chi connectivity index (χ1n) is 6.66. The molecule has 1 aliphatic heterocycles. The fraction of sp³-hybridized carbons (Fsp3) is 0.500. The summed E-state index contributed by atoms with van der Waals surface area (Å²) in [4.78, 5) is 13.7. The number of nitrogens with zero attached hydrogens (tertiary/aromatic N) is 1. The third-order valence-electron chi connectivity index (χ3n) is 2.88. The molecule has 1 aromatic rings. The van der Waals surface area contributed by atoms with E-state index < -0.39 is 0 Å². The van der Waals surface area contributed by atoms with Gasteiger partial charge in [0.15, 0.2) is 0 Å². The van der Waals surface area contributed by atoms with E-state index >= 15 is 0 Å². The van der Waals surface area contributed by atoms with Crippen LogP contribution in [0.2, 0.25) is 0 Å². The fourth-order valence-corrected chi connectivity index (χ4v) is 1.82. The van der Waals surface area contributed by atoms with Gasteiger partial charge in [-0.3, -0.25) is 0 Å². The normalized spacial score (nSPS) is 15.1. The monoisotopic (exact) mass is 264 g/mol. The van der Waals surface area contributed by atoms with Gasteiger partial charge in [0.1, 0.15) is 5.75 Å². The lowest BCUT2D eigenvalue weighted by molar-refractivity contribution is 0.0564. The Bertz CT molecular complexity index is 400. The van der Waals surface area contributed by atoms with Gasteiger partial charge < -0.3 is 19.7 Å². The summed E-state index contributed by atoms with van der Waals surface area (Å²) in [7, 11) is 0. The summed E-state index contributed by atoms with van der Waals surface area (Å²) < 4.78 is 10.7. The Morgan fingerprint density at radius 3 is 2.63 bits per heavy atom. The third-order valence-corrected chi connectivity index (χ3v) is 2.88. The van der Waals surface area contributed by atoms with E-state index in [1.54, 1.807) is 4.90 Å². The topological polar surface area (TPSA) is 50.8 Å². The second kappa shape index (κ2) is 6.99. The van der Waals surface area contributed by atoms with Crippen molar-refractivity contribution in [3.8, 4) is 5.75 Å². The van der Waals surface area contributed by atoms with Crippen LogP contribution in [0.1, 0.15) is 13.3 Å². The molecule has 5 nitrogen and oxygen atoms in total. The average molecular weight is 264 g/mol. The molecule has 0 aliphatic carbocycles. The predicted octanol–water partition coefficient (Wildman–Crippen LogP) is 2.34. The van der Waals surface area contributed by atoms with Gasteiger partial charge in [0.25, 0.3) is 0 Å². The molecule has 1 aliphatic rings. The second-order valence-electron chi connectivity index (χ2n) is 4.40.